The maximum absolute atomic E-state index is 6.11. The molecular weight excluding hydrogens is 496 g/mol. The molecule has 40 heavy (non-hydrogen) atoms. The second-order valence-electron chi connectivity index (χ2n) is 11.2. The highest BCUT2D eigenvalue weighted by Crippen LogP contribution is 2.40. The van der Waals surface area contributed by atoms with Gasteiger partial charge in [-0.3, -0.25) is 0 Å². The molecule has 0 amide bonds. The summed E-state index contributed by atoms with van der Waals surface area (Å²) in [6, 6.07) is 17.9. The molecular formula is C36H40O4. The Morgan fingerprint density at radius 1 is 0.325 bits per heavy atom. The van der Waals surface area contributed by atoms with Crippen LogP contribution in [-0.4, -0.2) is 28.4 Å². The minimum Gasteiger partial charge on any atom is -0.496 e. The van der Waals surface area contributed by atoms with Crippen LogP contribution in [0.5, 0.6) is 23.0 Å². The van der Waals surface area contributed by atoms with Crippen molar-refractivity contribution in [2.45, 2.75) is 53.4 Å². The van der Waals surface area contributed by atoms with Gasteiger partial charge in [-0.1, -0.05) is 70.8 Å². The molecule has 0 aliphatic heterocycles. The van der Waals surface area contributed by atoms with Crippen molar-refractivity contribution in [1.82, 2.24) is 0 Å². The predicted molar refractivity (Wildman–Crippen MR) is 162 cm³/mol. The zero-order valence-corrected chi connectivity index (χ0v) is 25.1. The number of methoxy groups -OCH3 is 4. The van der Waals surface area contributed by atoms with E-state index in [9.17, 15) is 0 Å². The molecule has 0 saturated carbocycles. The van der Waals surface area contributed by atoms with E-state index in [1.54, 1.807) is 28.4 Å². The molecule has 0 unspecified atom stereocenters. The standard InChI is InChI=1S/C36H40O4/c1-21-9-25-17-27-11-22(2)13-29(34(27)38-6)19-31-15-24(4)16-32(36(31)40-8)20-30-14-23(3)12-28(35(30)39-7)18-26(10-21)33(25)37-5/h9-16H,17-20H2,1-8H3. The first-order valence-corrected chi connectivity index (χ1v) is 13.9. The van der Waals surface area contributed by atoms with Crippen LogP contribution in [0.4, 0.5) is 0 Å². The number of hydrogen-bond donors (Lipinski definition) is 0. The van der Waals surface area contributed by atoms with Crippen LogP contribution in [0.1, 0.15) is 66.8 Å². The highest BCUT2D eigenvalue weighted by molar-refractivity contribution is 5.58. The Bertz CT molecular complexity index is 1250. The zero-order valence-electron chi connectivity index (χ0n) is 25.1. The van der Waals surface area contributed by atoms with Crippen molar-refractivity contribution in [2.75, 3.05) is 28.4 Å². The zero-order chi connectivity index (χ0) is 28.6. The van der Waals surface area contributed by atoms with E-state index in [0.29, 0.717) is 25.7 Å². The van der Waals surface area contributed by atoms with Crippen LogP contribution < -0.4 is 18.9 Å². The lowest BCUT2D eigenvalue weighted by molar-refractivity contribution is 0.395. The first-order valence-electron chi connectivity index (χ1n) is 13.9. The Hall–Kier alpha value is -3.92. The van der Waals surface area contributed by atoms with Crippen LogP contribution >= 0.6 is 0 Å². The van der Waals surface area contributed by atoms with Gasteiger partial charge in [-0.05, 0) is 72.2 Å². The third-order valence-corrected chi connectivity index (χ3v) is 7.89. The van der Waals surface area contributed by atoms with Crippen molar-refractivity contribution in [3.63, 3.8) is 0 Å². The lowest BCUT2D eigenvalue weighted by atomic mass is 9.89. The van der Waals surface area contributed by atoms with E-state index in [1.807, 2.05) is 0 Å². The van der Waals surface area contributed by atoms with Gasteiger partial charge in [0.1, 0.15) is 23.0 Å². The summed E-state index contributed by atoms with van der Waals surface area (Å²) in [4.78, 5) is 0. The summed E-state index contributed by atoms with van der Waals surface area (Å²) < 4.78 is 24.4. The molecule has 1 aliphatic carbocycles. The Kier molecular flexibility index (Phi) is 7.80. The smallest absolute Gasteiger partial charge is 0.125 e. The van der Waals surface area contributed by atoms with Gasteiger partial charge >= 0.3 is 0 Å². The van der Waals surface area contributed by atoms with Gasteiger partial charge in [0.25, 0.3) is 0 Å². The number of ether oxygens (including phenoxy) is 4. The molecule has 4 aromatic carbocycles. The van der Waals surface area contributed by atoms with Gasteiger partial charge in [0, 0.05) is 25.7 Å². The molecule has 0 saturated heterocycles. The van der Waals surface area contributed by atoms with Crippen LogP contribution in [0.15, 0.2) is 48.5 Å². The molecule has 0 heterocycles. The van der Waals surface area contributed by atoms with Crippen LogP contribution in [0.2, 0.25) is 0 Å². The summed E-state index contributed by atoms with van der Waals surface area (Å²) in [6.07, 6.45) is 2.84. The highest BCUT2D eigenvalue weighted by atomic mass is 16.5. The van der Waals surface area contributed by atoms with E-state index >= 15 is 0 Å². The van der Waals surface area contributed by atoms with E-state index in [2.05, 4.69) is 76.2 Å². The van der Waals surface area contributed by atoms with Gasteiger partial charge in [-0.25, -0.2) is 0 Å². The Morgan fingerprint density at radius 2 is 0.475 bits per heavy atom. The Balaban J connectivity index is 1.84. The van der Waals surface area contributed by atoms with Crippen LogP contribution in [0, 0.1) is 27.7 Å². The molecule has 4 heteroatoms. The highest BCUT2D eigenvalue weighted by Gasteiger charge is 2.22. The lowest BCUT2D eigenvalue weighted by Gasteiger charge is -2.22. The maximum atomic E-state index is 6.11. The minimum atomic E-state index is 0.710. The van der Waals surface area contributed by atoms with Crippen molar-refractivity contribution in [2.24, 2.45) is 0 Å². The molecule has 0 fully saturated rings. The molecule has 8 bridgehead atoms. The molecule has 0 aromatic heterocycles. The summed E-state index contributed by atoms with van der Waals surface area (Å²) in [5.74, 6) is 3.71. The topological polar surface area (TPSA) is 36.9 Å². The van der Waals surface area contributed by atoms with Crippen molar-refractivity contribution in [3.8, 4) is 23.0 Å². The molecule has 4 aromatic rings. The van der Waals surface area contributed by atoms with E-state index in [1.165, 1.54) is 22.3 Å². The van der Waals surface area contributed by atoms with E-state index in [0.717, 1.165) is 67.5 Å². The Morgan fingerprint density at radius 3 is 0.600 bits per heavy atom. The first kappa shape index (κ1) is 27.6. The van der Waals surface area contributed by atoms with Crippen molar-refractivity contribution in [3.05, 3.63) is 115 Å². The Labute approximate surface area is 238 Å². The average molecular weight is 537 g/mol. The molecule has 0 N–H and O–H groups in total. The third-order valence-electron chi connectivity index (χ3n) is 7.89. The normalized spacial score (nSPS) is 12.6. The maximum Gasteiger partial charge on any atom is 0.125 e. The largest absolute Gasteiger partial charge is 0.496 e. The number of hydrogen-bond acceptors (Lipinski definition) is 4. The minimum absolute atomic E-state index is 0.710. The van der Waals surface area contributed by atoms with Gasteiger partial charge < -0.3 is 18.9 Å². The fraction of sp³-hybridized carbons (Fsp3) is 0.333. The first-order chi connectivity index (χ1) is 19.2. The van der Waals surface area contributed by atoms with Gasteiger partial charge in [0.05, 0.1) is 28.4 Å². The van der Waals surface area contributed by atoms with Crippen LogP contribution in [0.25, 0.3) is 0 Å². The summed E-state index contributed by atoms with van der Waals surface area (Å²) in [6.45, 7) is 8.63. The monoisotopic (exact) mass is 536 g/mol. The van der Waals surface area contributed by atoms with Crippen LogP contribution in [0.3, 0.4) is 0 Å². The fourth-order valence-electron chi connectivity index (χ4n) is 6.63. The van der Waals surface area contributed by atoms with Gasteiger partial charge in [0.15, 0.2) is 0 Å². The number of fused-ring (bicyclic) bond motifs is 8. The van der Waals surface area contributed by atoms with Crippen LogP contribution in [-0.2, 0) is 25.7 Å². The molecule has 208 valence electrons. The van der Waals surface area contributed by atoms with E-state index in [-0.39, 0.29) is 0 Å². The molecule has 4 nitrogen and oxygen atoms in total. The fourth-order valence-corrected chi connectivity index (χ4v) is 6.63. The average Bonchev–Trinajstić information content (AvgIpc) is 2.88. The van der Waals surface area contributed by atoms with Crippen molar-refractivity contribution < 1.29 is 18.9 Å². The summed E-state index contributed by atoms with van der Waals surface area (Å²) in [5, 5.41) is 0. The molecule has 1 aliphatic rings. The second kappa shape index (κ2) is 11.3. The summed E-state index contributed by atoms with van der Waals surface area (Å²) in [7, 11) is 7.09. The van der Waals surface area contributed by atoms with E-state index < -0.39 is 0 Å². The molecule has 0 radical (unpaired) electrons. The number of rotatable bonds is 4. The summed E-state index contributed by atoms with van der Waals surface area (Å²) >= 11 is 0. The van der Waals surface area contributed by atoms with Gasteiger partial charge in [-0.2, -0.15) is 0 Å². The molecule has 0 atom stereocenters. The van der Waals surface area contributed by atoms with Crippen molar-refractivity contribution in [1.29, 1.82) is 0 Å². The lowest BCUT2D eigenvalue weighted by Crippen LogP contribution is -2.07. The van der Waals surface area contributed by atoms with Gasteiger partial charge in [-0.15, -0.1) is 0 Å². The predicted octanol–water partition coefficient (Wildman–Crippen LogP) is 7.63. The third kappa shape index (κ3) is 5.28. The van der Waals surface area contributed by atoms with E-state index in [4.69, 9.17) is 18.9 Å². The molecule has 0 spiro atoms. The van der Waals surface area contributed by atoms with Crippen molar-refractivity contribution >= 4 is 0 Å². The SMILES string of the molecule is COc1c2cc(C)cc1Cc1cc(C)cc(c1OC)Cc1cc(C)cc(c1OC)Cc1cc(C)cc(c1OC)C2. The van der Waals surface area contributed by atoms with Gasteiger partial charge in [0.2, 0.25) is 0 Å². The number of benzene rings is 4. The number of aryl methyl sites for hydroxylation is 4. The summed E-state index contributed by atoms with van der Waals surface area (Å²) in [5.41, 5.74) is 14.1. The second-order valence-corrected chi connectivity index (χ2v) is 11.2. The molecule has 5 rings (SSSR count). The quantitative estimate of drug-likeness (QED) is 0.237.